The Hall–Kier alpha value is -0.820. The van der Waals surface area contributed by atoms with Crippen molar-refractivity contribution >= 4 is 0 Å². The summed E-state index contributed by atoms with van der Waals surface area (Å²) in [5.74, 6) is 0. The van der Waals surface area contributed by atoms with Crippen LogP contribution in [-0.2, 0) is 6.54 Å². The quantitative estimate of drug-likeness (QED) is 0.593. The largest absolute Gasteiger partial charge is 0.467 e. The molecule has 0 amide bonds. The minimum atomic E-state index is 1.00. The summed E-state index contributed by atoms with van der Waals surface area (Å²) >= 11 is 0. The van der Waals surface area contributed by atoms with E-state index in [1.807, 2.05) is 0 Å². The second kappa shape index (κ2) is 3.54. The molecule has 0 aliphatic heterocycles. The fourth-order valence-corrected chi connectivity index (χ4v) is 1.17. The molecule has 0 heterocycles. The summed E-state index contributed by atoms with van der Waals surface area (Å²) in [4.78, 5) is 1.22. The number of hydrogen-bond acceptors (Lipinski definition) is 0. The van der Waals surface area contributed by atoms with E-state index >= 15 is 0 Å². The molecular weight excluding hydrogens is 134 g/mol. The van der Waals surface area contributed by atoms with Crippen molar-refractivity contribution in [3.63, 3.8) is 0 Å². The third-order valence-electron chi connectivity index (χ3n) is 1.59. The molecule has 0 fully saturated rings. The first kappa shape index (κ1) is 8.28. The second-order valence-electron chi connectivity index (χ2n) is 3.12. The fourth-order valence-electron chi connectivity index (χ4n) is 1.17. The molecule has 1 N–H and O–H groups in total. The van der Waals surface area contributed by atoms with Crippen molar-refractivity contribution in [2.45, 2.75) is 13.5 Å². The topological polar surface area (TPSA) is 4.44 Å². The highest BCUT2D eigenvalue weighted by atomic mass is 15.0. The van der Waals surface area contributed by atoms with Gasteiger partial charge in [0.1, 0.15) is 0 Å². The number of benzene rings is 1. The Bertz CT molecular complexity index is 228. The van der Waals surface area contributed by atoms with Crippen molar-refractivity contribution in [3.8, 4) is 0 Å². The SMILES string of the molecule is [CH2-][NH+](C)Cc1cccc(C)c1. The van der Waals surface area contributed by atoms with Gasteiger partial charge in [0.15, 0.2) is 0 Å². The van der Waals surface area contributed by atoms with Crippen LogP contribution in [0.4, 0.5) is 0 Å². The molecule has 0 saturated carbocycles. The summed E-state index contributed by atoms with van der Waals surface area (Å²) in [7, 11) is 5.94. The molecule has 0 bridgehead atoms. The summed E-state index contributed by atoms with van der Waals surface area (Å²) in [5, 5.41) is 0. The molecule has 1 aromatic rings. The number of hydrogen-bond donors (Lipinski definition) is 1. The molecule has 0 aliphatic carbocycles. The molecule has 1 rings (SSSR count). The normalized spacial score (nSPS) is 13.0. The molecule has 0 radical (unpaired) electrons. The smallest absolute Gasteiger partial charge is 0.0785 e. The first-order valence-corrected chi connectivity index (χ1v) is 3.88. The van der Waals surface area contributed by atoms with Crippen LogP contribution in [-0.4, -0.2) is 7.05 Å². The average Bonchev–Trinajstić information content (AvgIpc) is 1.85. The number of aryl methyl sites for hydroxylation is 1. The van der Waals surface area contributed by atoms with Crippen molar-refractivity contribution in [1.29, 1.82) is 0 Å². The molecular formula is C10H15N. The van der Waals surface area contributed by atoms with Gasteiger partial charge in [-0.2, -0.15) is 7.05 Å². The van der Waals surface area contributed by atoms with E-state index in [1.54, 1.807) is 0 Å². The van der Waals surface area contributed by atoms with E-state index in [9.17, 15) is 0 Å². The van der Waals surface area contributed by atoms with E-state index in [2.05, 4.69) is 45.3 Å². The third kappa shape index (κ3) is 2.72. The predicted molar refractivity (Wildman–Crippen MR) is 47.1 cm³/mol. The molecule has 1 aromatic carbocycles. The van der Waals surface area contributed by atoms with E-state index in [1.165, 1.54) is 16.0 Å². The van der Waals surface area contributed by atoms with Crippen LogP contribution in [0.5, 0.6) is 0 Å². The molecule has 1 atom stereocenters. The maximum Gasteiger partial charge on any atom is 0.0785 e. The Morgan fingerprint density at radius 1 is 1.45 bits per heavy atom. The van der Waals surface area contributed by atoms with Crippen LogP contribution in [0.3, 0.4) is 0 Å². The first-order valence-electron chi connectivity index (χ1n) is 3.88. The van der Waals surface area contributed by atoms with Gasteiger partial charge in [-0.15, -0.1) is 0 Å². The Morgan fingerprint density at radius 3 is 2.73 bits per heavy atom. The lowest BCUT2D eigenvalue weighted by atomic mass is 10.1. The van der Waals surface area contributed by atoms with Crippen LogP contribution in [0.1, 0.15) is 11.1 Å². The Balaban J connectivity index is 2.71. The van der Waals surface area contributed by atoms with Gasteiger partial charge in [-0.1, -0.05) is 29.8 Å². The highest BCUT2D eigenvalue weighted by molar-refractivity contribution is 5.21. The first-order chi connectivity index (χ1) is 5.18. The van der Waals surface area contributed by atoms with Crippen LogP contribution in [0.2, 0.25) is 0 Å². The molecule has 0 aliphatic rings. The molecule has 0 aromatic heterocycles. The maximum absolute atomic E-state index is 3.88. The average molecular weight is 149 g/mol. The van der Waals surface area contributed by atoms with Gasteiger partial charge in [0.05, 0.1) is 6.54 Å². The fraction of sp³-hybridized carbons (Fsp3) is 0.300. The lowest BCUT2D eigenvalue weighted by Crippen LogP contribution is -3.01. The van der Waals surface area contributed by atoms with Gasteiger partial charge in [-0.25, -0.2) is 0 Å². The van der Waals surface area contributed by atoms with E-state index in [-0.39, 0.29) is 0 Å². The van der Waals surface area contributed by atoms with E-state index in [0.29, 0.717) is 0 Å². The molecule has 0 spiro atoms. The van der Waals surface area contributed by atoms with Crippen LogP contribution < -0.4 is 4.90 Å². The van der Waals surface area contributed by atoms with Gasteiger partial charge in [0.25, 0.3) is 0 Å². The number of quaternary nitrogens is 1. The summed E-state index contributed by atoms with van der Waals surface area (Å²) in [6.07, 6.45) is 0. The minimum Gasteiger partial charge on any atom is -0.467 e. The molecule has 1 unspecified atom stereocenters. The lowest BCUT2D eigenvalue weighted by molar-refractivity contribution is -0.846. The zero-order chi connectivity index (χ0) is 8.27. The van der Waals surface area contributed by atoms with Gasteiger partial charge in [0.2, 0.25) is 0 Å². The zero-order valence-electron chi connectivity index (χ0n) is 7.22. The maximum atomic E-state index is 3.88. The van der Waals surface area contributed by atoms with Gasteiger partial charge in [-0.05, 0) is 6.92 Å². The number of nitrogens with one attached hydrogen (secondary N) is 1. The molecule has 0 saturated heterocycles. The Kier molecular flexibility index (Phi) is 2.66. The highest BCUT2D eigenvalue weighted by Crippen LogP contribution is 2.01. The summed E-state index contributed by atoms with van der Waals surface area (Å²) < 4.78 is 0. The Morgan fingerprint density at radius 2 is 2.18 bits per heavy atom. The summed E-state index contributed by atoms with van der Waals surface area (Å²) in [5.41, 5.74) is 2.68. The standard InChI is InChI=1S/C10H15N/c1-9-5-4-6-10(7-9)8-11(2)3/h4-7,11H,2,8H2,1,3H3. The Labute approximate surface area is 68.7 Å². The van der Waals surface area contributed by atoms with E-state index in [4.69, 9.17) is 0 Å². The van der Waals surface area contributed by atoms with Crippen LogP contribution in [0.15, 0.2) is 24.3 Å². The van der Waals surface area contributed by atoms with E-state index < -0.39 is 0 Å². The van der Waals surface area contributed by atoms with Crippen molar-refractivity contribution in [2.24, 2.45) is 0 Å². The lowest BCUT2D eigenvalue weighted by Gasteiger charge is -2.13. The van der Waals surface area contributed by atoms with Gasteiger partial charge < -0.3 is 4.90 Å². The highest BCUT2D eigenvalue weighted by Gasteiger charge is 1.93. The van der Waals surface area contributed by atoms with Crippen LogP contribution in [0.25, 0.3) is 0 Å². The summed E-state index contributed by atoms with van der Waals surface area (Å²) in [6.45, 7) is 3.11. The van der Waals surface area contributed by atoms with E-state index in [0.717, 1.165) is 6.54 Å². The second-order valence-corrected chi connectivity index (χ2v) is 3.12. The molecule has 1 nitrogen and oxygen atoms in total. The van der Waals surface area contributed by atoms with Crippen molar-refractivity contribution in [2.75, 3.05) is 7.05 Å². The zero-order valence-corrected chi connectivity index (χ0v) is 7.22. The van der Waals surface area contributed by atoms with Crippen LogP contribution >= 0.6 is 0 Å². The molecule has 1 heteroatoms. The van der Waals surface area contributed by atoms with Crippen LogP contribution in [0, 0.1) is 14.0 Å². The predicted octanol–water partition coefficient (Wildman–Crippen LogP) is 0.801. The van der Waals surface area contributed by atoms with Gasteiger partial charge in [-0.3, -0.25) is 0 Å². The van der Waals surface area contributed by atoms with Gasteiger partial charge >= 0.3 is 0 Å². The van der Waals surface area contributed by atoms with Crippen molar-refractivity contribution in [3.05, 3.63) is 42.4 Å². The monoisotopic (exact) mass is 149 g/mol. The van der Waals surface area contributed by atoms with Crippen molar-refractivity contribution < 1.29 is 4.90 Å². The van der Waals surface area contributed by atoms with Gasteiger partial charge in [0, 0.05) is 12.6 Å². The number of rotatable bonds is 2. The molecule has 60 valence electrons. The minimum absolute atomic E-state index is 1.00. The third-order valence-corrected chi connectivity index (χ3v) is 1.59. The van der Waals surface area contributed by atoms with Crippen molar-refractivity contribution in [1.82, 2.24) is 0 Å². The summed E-state index contributed by atoms with van der Waals surface area (Å²) in [6, 6.07) is 8.55. The molecule has 11 heavy (non-hydrogen) atoms.